The monoisotopic (exact) mass is 536 g/mol. The summed E-state index contributed by atoms with van der Waals surface area (Å²) in [6, 6.07) is 11.3. The molecule has 0 bridgehead atoms. The topological polar surface area (TPSA) is 60.7 Å². The highest BCUT2D eigenvalue weighted by molar-refractivity contribution is 14.1. The first-order valence-corrected chi connectivity index (χ1v) is 11.8. The number of rotatable bonds is 4. The van der Waals surface area contributed by atoms with Gasteiger partial charge in [-0.25, -0.2) is 9.79 Å². The van der Waals surface area contributed by atoms with Crippen molar-refractivity contribution in [2.75, 3.05) is 6.61 Å². The van der Waals surface area contributed by atoms with Crippen LogP contribution in [0, 0.1) is 3.57 Å². The summed E-state index contributed by atoms with van der Waals surface area (Å²) in [4.78, 5) is 32.1. The molecule has 0 radical (unpaired) electrons. The van der Waals surface area contributed by atoms with Crippen LogP contribution in [0.1, 0.15) is 30.3 Å². The first kappa shape index (κ1) is 20.2. The summed E-state index contributed by atoms with van der Waals surface area (Å²) in [6.45, 7) is 3.83. The highest BCUT2D eigenvalue weighted by atomic mass is 127. The van der Waals surface area contributed by atoms with Gasteiger partial charge in [0.1, 0.15) is 6.04 Å². The van der Waals surface area contributed by atoms with Crippen LogP contribution in [0.25, 0.3) is 6.08 Å². The number of thiazole rings is 1. The molecular weight excluding hydrogens is 519 g/mol. The number of hydrogen-bond acceptors (Lipinski definition) is 6. The van der Waals surface area contributed by atoms with E-state index in [9.17, 15) is 9.59 Å². The number of halogens is 1. The van der Waals surface area contributed by atoms with Crippen LogP contribution in [-0.4, -0.2) is 17.1 Å². The molecule has 0 saturated heterocycles. The van der Waals surface area contributed by atoms with Crippen LogP contribution in [0.2, 0.25) is 0 Å². The average molecular weight is 536 g/mol. The third kappa shape index (κ3) is 3.88. The van der Waals surface area contributed by atoms with Gasteiger partial charge in [-0.3, -0.25) is 9.36 Å². The summed E-state index contributed by atoms with van der Waals surface area (Å²) in [5, 5.41) is 1.94. The highest BCUT2D eigenvalue weighted by Crippen LogP contribution is 2.33. The van der Waals surface area contributed by atoms with Crippen molar-refractivity contribution in [3.63, 3.8) is 0 Å². The molecule has 0 saturated carbocycles. The van der Waals surface area contributed by atoms with Crippen LogP contribution in [0.3, 0.4) is 0 Å². The Bertz CT molecular complexity index is 1270. The van der Waals surface area contributed by atoms with E-state index in [2.05, 4.69) is 27.6 Å². The number of nitrogens with zero attached hydrogens (tertiary/aromatic N) is 2. The lowest BCUT2D eigenvalue weighted by atomic mass is 10.0. The van der Waals surface area contributed by atoms with E-state index in [1.54, 1.807) is 18.4 Å². The van der Waals surface area contributed by atoms with Crippen molar-refractivity contribution in [1.29, 1.82) is 0 Å². The van der Waals surface area contributed by atoms with Gasteiger partial charge in [0.05, 0.1) is 22.4 Å². The molecule has 1 aliphatic rings. The molecule has 3 heterocycles. The molecular formula is C21H17IN2O3S2. The van der Waals surface area contributed by atoms with E-state index in [1.165, 1.54) is 22.7 Å². The highest BCUT2D eigenvalue weighted by Gasteiger charge is 2.33. The van der Waals surface area contributed by atoms with Gasteiger partial charge in [0.15, 0.2) is 4.80 Å². The third-order valence-corrected chi connectivity index (χ3v) is 7.12. The van der Waals surface area contributed by atoms with Crippen LogP contribution in [0.4, 0.5) is 0 Å². The van der Waals surface area contributed by atoms with Crippen LogP contribution in [-0.2, 0) is 9.53 Å². The minimum Gasteiger partial charge on any atom is -0.463 e. The van der Waals surface area contributed by atoms with Crippen LogP contribution < -0.4 is 14.9 Å². The van der Waals surface area contributed by atoms with E-state index in [0.717, 1.165) is 14.0 Å². The van der Waals surface area contributed by atoms with Crippen LogP contribution in [0.5, 0.6) is 0 Å². The molecule has 1 aliphatic heterocycles. The predicted molar refractivity (Wildman–Crippen MR) is 124 cm³/mol. The number of fused-ring (bicyclic) bond motifs is 1. The van der Waals surface area contributed by atoms with Crippen LogP contribution >= 0.6 is 45.3 Å². The summed E-state index contributed by atoms with van der Waals surface area (Å²) in [5.41, 5.74) is 1.80. The molecule has 8 heteroatoms. The Morgan fingerprint density at radius 3 is 2.72 bits per heavy atom. The lowest BCUT2D eigenvalue weighted by Crippen LogP contribution is -2.39. The van der Waals surface area contributed by atoms with E-state index < -0.39 is 12.0 Å². The first-order chi connectivity index (χ1) is 14.0. The number of thiophene rings is 1. The normalized spacial score (nSPS) is 16.5. The maximum absolute atomic E-state index is 13.3. The van der Waals surface area contributed by atoms with E-state index in [-0.39, 0.29) is 12.2 Å². The molecule has 2 aromatic heterocycles. The minimum absolute atomic E-state index is 0.153. The van der Waals surface area contributed by atoms with E-state index >= 15 is 0 Å². The number of ether oxygens (including phenoxy) is 1. The molecule has 0 unspecified atom stereocenters. The zero-order valence-corrected chi connectivity index (χ0v) is 19.5. The van der Waals surface area contributed by atoms with Crippen molar-refractivity contribution >= 4 is 57.3 Å². The molecule has 29 heavy (non-hydrogen) atoms. The van der Waals surface area contributed by atoms with Crippen molar-refractivity contribution in [2.45, 2.75) is 19.9 Å². The van der Waals surface area contributed by atoms with Gasteiger partial charge < -0.3 is 4.74 Å². The second kappa shape index (κ2) is 8.37. The van der Waals surface area contributed by atoms with Crippen LogP contribution in [0.15, 0.2) is 62.8 Å². The molecule has 4 rings (SSSR count). The Morgan fingerprint density at radius 2 is 2.07 bits per heavy atom. The maximum atomic E-state index is 13.3. The second-order valence-electron chi connectivity index (χ2n) is 6.37. The number of esters is 1. The number of benzene rings is 1. The van der Waals surface area contributed by atoms with Crippen molar-refractivity contribution in [3.8, 4) is 0 Å². The lowest BCUT2D eigenvalue weighted by Gasteiger charge is -2.23. The summed E-state index contributed by atoms with van der Waals surface area (Å²) in [6.07, 6.45) is 1.87. The number of hydrogen-bond donors (Lipinski definition) is 0. The molecule has 0 aliphatic carbocycles. The zero-order chi connectivity index (χ0) is 20.5. The van der Waals surface area contributed by atoms with Gasteiger partial charge in [-0.1, -0.05) is 29.5 Å². The van der Waals surface area contributed by atoms with Crippen molar-refractivity contribution in [2.24, 2.45) is 4.99 Å². The fraction of sp³-hybridized carbons (Fsp3) is 0.190. The second-order valence-corrected chi connectivity index (χ2v) is 9.60. The molecule has 1 aromatic carbocycles. The SMILES string of the molecule is CCOC(=O)C1=C(C)N=c2s/c(=C\c3ccc(I)cc3)c(=O)n2[C@@H]1c1cccs1. The van der Waals surface area contributed by atoms with Crippen molar-refractivity contribution < 1.29 is 9.53 Å². The van der Waals surface area contributed by atoms with Gasteiger partial charge in [0.2, 0.25) is 0 Å². The summed E-state index contributed by atoms with van der Waals surface area (Å²) >= 11 is 5.09. The Hall–Kier alpha value is -2.04. The summed E-state index contributed by atoms with van der Waals surface area (Å²) in [5.74, 6) is -0.431. The van der Waals surface area contributed by atoms with Gasteiger partial charge >= 0.3 is 5.97 Å². The Kier molecular flexibility index (Phi) is 5.84. The zero-order valence-electron chi connectivity index (χ0n) is 15.7. The fourth-order valence-corrected chi connectivity index (χ4v) is 5.45. The largest absolute Gasteiger partial charge is 0.463 e. The van der Waals surface area contributed by atoms with E-state index in [0.29, 0.717) is 20.6 Å². The Morgan fingerprint density at radius 1 is 1.31 bits per heavy atom. The number of aromatic nitrogens is 1. The van der Waals surface area contributed by atoms with Gasteiger partial charge in [-0.15, -0.1) is 11.3 Å². The molecule has 5 nitrogen and oxygen atoms in total. The first-order valence-electron chi connectivity index (χ1n) is 8.98. The fourth-order valence-electron chi connectivity index (χ4n) is 3.22. The summed E-state index contributed by atoms with van der Waals surface area (Å²) in [7, 11) is 0. The van der Waals surface area contributed by atoms with Gasteiger partial charge in [0.25, 0.3) is 5.56 Å². The Balaban J connectivity index is 1.93. The number of carbonyl (C=O) groups excluding carboxylic acids is 1. The average Bonchev–Trinajstić information content (AvgIpc) is 3.32. The van der Waals surface area contributed by atoms with E-state index in [4.69, 9.17) is 4.74 Å². The van der Waals surface area contributed by atoms with Crippen molar-refractivity contribution in [1.82, 2.24) is 4.57 Å². The smallest absolute Gasteiger partial charge is 0.338 e. The molecule has 1 atom stereocenters. The number of allylic oxidation sites excluding steroid dienone is 1. The van der Waals surface area contributed by atoms with Gasteiger partial charge in [0, 0.05) is 8.45 Å². The summed E-state index contributed by atoms with van der Waals surface area (Å²) < 4.78 is 8.62. The van der Waals surface area contributed by atoms with Gasteiger partial charge in [-0.05, 0) is 71.7 Å². The molecule has 0 N–H and O–H groups in total. The lowest BCUT2D eigenvalue weighted by molar-refractivity contribution is -0.139. The van der Waals surface area contributed by atoms with Gasteiger partial charge in [-0.2, -0.15) is 0 Å². The standard InChI is InChI=1S/C21H17IN2O3S2/c1-3-27-20(26)17-12(2)23-21-24(18(17)15-5-4-10-28-15)19(25)16(29-21)11-13-6-8-14(22)9-7-13/h4-11,18H,3H2,1-2H3/b16-11-/t18-/m1/s1. The Labute approximate surface area is 188 Å². The molecule has 0 fully saturated rings. The quantitative estimate of drug-likeness (QED) is 0.379. The molecule has 0 amide bonds. The molecule has 3 aromatic rings. The minimum atomic E-state index is -0.524. The third-order valence-electron chi connectivity index (χ3n) is 4.50. The predicted octanol–water partition coefficient (Wildman–Crippen LogP) is 3.46. The van der Waals surface area contributed by atoms with Crippen molar-refractivity contribution in [3.05, 3.63) is 86.7 Å². The molecule has 0 spiro atoms. The maximum Gasteiger partial charge on any atom is 0.338 e. The van der Waals surface area contributed by atoms with E-state index in [1.807, 2.05) is 47.9 Å². The molecule has 148 valence electrons. The number of carbonyl (C=O) groups is 1.